The van der Waals surface area contributed by atoms with E-state index in [0.717, 1.165) is 18.4 Å². The Kier molecular flexibility index (Phi) is 7.80. The van der Waals surface area contributed by atoms with E-state index < -0.39 is 15.7 Å². The van der Waals surface area contributed by atoms with Crippen LogP contribution in [0.5, 0.6) is 11.6 Å². The maximum atomic E-state index is 14.0. The fourth-order valence-electron chi connectivity index (χ4n) is 3.45. The molecule has 1 N–H and O–H groups in total. The first-order chi connectivity index (χ1) is 14.8. The number of halogens is 1. The summed E-state index contributed by atoms with van der Waals surface area (Å²) >= 11 is 0. The number of sulfone groups is 1. The second-order valence-corrected chi connectivity index (χ2v) is 10.6. The number of unbranched alkanes of at least 4 members (excludes halogenated alkanes) is 2. The number of hydrogen-bond donors (Lipinski definition) is 1. The minimum atomic E-state index is -3.25. The highest BCUT2D eigenvalue weighted by molar-refractivity contribution is 7.91. The van der Waals surface area contributed by atoms with Gasteiger partial charge in [-0.15, -0.1) is 0 Å². The van der Waals surface area contributed by atoms with Crippen molar-refractivity contribution in [1.82, 2.24) is 9.55 Å². The van der Waals surface area contributed by atoms with Gasteiger partial charge in [0.2, 0.25) is 5.88 Å². The van der Waals surface area contributed by atoms with Crippen molar-refractivity contribution in [2.75, 3.05) is 25.2 Å². The Bertz CT molecular complexity index is 1030. The van der Waals surface area contributed by atoms with Crippen LogP contribution < -0.4 is 15.2 Å². The Labute approximate surface area is 182 Å². The Morgan fingerprint density at radius 3 is 2.71 bits per heavy atom. The van der Waals surface area contributed by atoms with Crippen LogP contribution in [0.15, 0.2) is 29.2 Å². The number of aromatic amines is 1. The summed E-state index contributed by atoms with van der Waals surface area (Å²) in [6.07, 6.45) is 5.77. The molecule has 0 bridgehead atoms. The van der Waals surface area contributed by atoms with Gasteiger partial charge in [-0.25, -0.2) is 17.6 Å². The Hall–Kier alpha value is -2.29. The summed E-state index contributed by atoms with van der Waals surface area (Å²) in [7, 11) is -1.77. The molecule has 0 saturated heterocycles. The van der Waals surface area contributed by atoms with E-state index in [4.69, 9.17) is 9.47 Å². The minimum Gasteiger partial charge on any atom is -0.490 e. The summed E-state index contributed by atoms with van der Waals surface area (Å²) < 4.78 is 51.1. The molecular weight excluding hydrogens is 423 g/mol. The molecule has 172 valence electrons. The number of H-pyrrole nitrogens is 1. The number of nitrogens with one attached hydrogen (secondary N) is 1. The lowest BCUT2D eigenvalue weighted by Gasteiger charge is -2.15. The predicted molar refractivity (Wildman–Crippen MR) is 117 cm³/mol. The van der Waals surface area contributed by atoms with Gasteiger partial charge in [0, 0.05) is 6.54 Å². The van der Waals surface area contributed by atoms with E-state index >= 15 is 0 Å². The Balaban J connectivity index is 1.44. The van der Waals surface area contributed by atoms with E-state index in [2.05, 4.69) is 4.98 Å². The second kappa shape index (κ2) is 10.3. The molecule has 3 rings (SSSR count). The lowest BCUT2D eigenvalue weighted by molar-refractivity contribution is 0.285. The van der Waals surface area contributed by atoms with Crippen LogP contribution in [-0.4, -0.2) is 43.2 Å². The van der Waals surface area contributed by atoms with Gasteiger partial charge in [-0.1, -0.05) is 19.4 Å². The number of hydrogen-bond acceptors (Lipinski definition) is 5. The van der Waals surface area contributed by atoms with Gasteiger partial charge in [-0.3, -0.25) is 9.55 Å². The van der Waals surface area contributed by atoms with E-state index in [0.29, 0.717) is 44.2 Å². The van der Waals surface area contributed by atoms with Crippen molar-refractivity contribution >= 4 is 9.84 Å². The number of benzene rings is 1. The van der Waals surface area contributed by atoms with Crippen LogP contribution in [0.3, 0.4) is 0 Å². The van der Waals surface area contributed by atoms with Crippen molar-refractivity contribution in [3.63, 3.8) is 0 Å². The van der Waals surface area contributed by atoms with Crippen LogP contribution in [-0.2, 0) is 16.4 Å². The zero-order chi connectivity index (χ0) is 22.4. The summed E-state index contributed by atoms with van der Waals surface area (Å²) in [5.41, 5.74) is 0.523. The number of ether oxygens (including phenoxy) is 2. The zero-order valence-electron chi connectivity index (χ0n) is 18.1. The molecule has 7 nitrogen and oxygen atoms in total. The van der Waals surface area contributed by atoms with E-state index in [-0.39, 0.29) is 28.9 Å². The highest BCUT2D eigenvalue weighted by Gasteiger charge is 2.23. The maximum Gasteiger partial charge on any atom is 0.328 e. The molecule has 1 heterocycles. The first-order valence-corrected chi connectivity index (χ1v) is 12.6. The van der Waals surface area contributed by atoms with Crippen molar-refractivity contribution in [1.29, 1.82) is 0 Å². The van der Waals surface area contributed by atoms with Crippen LogP contribution in [0.4, 0.5) is 4.39 Å². The number of nitrogens with zero attached hydrogens (tertiary/aromatic N) is 1. The molecule has 0 amide bonds. The van der Waals surface area contributed by atoms with Crippen LogP contribution in [0, 0.1) is 11.7 Å². The average molecular weight is 455 g/mol. The molecule has 1 aliphatic carbocycles. The van der Waals surface area contributed by atoms with E-state index in [1.165, 1.54) is 17.7 Å². The van der Waals surface area contributed by atoms with Gasteiger partial charge in [0.1, 0.15) is 0 Å². The Morgan fingerprint density at radius 2 is 2.03 bits per heavy atom. The van der Waals surface area contributed by atoms with Gasteiger partial charge in [0.15, 0.2) is 21.4 Å². The van der Waals surface area contributed by atoms with Crippen molar-refractivity contribution in [2.45, 2.75) is 51.5 Å². The zero-order valence-corrected chi connectivity index (χ0v) is 18.9. The molecule has 0 unspecified atom stereocenters. The SMILES string of the molecule is COc1cn(CCCCCS(=O)(=O)C[C@H](C)c2ccc(F)c(OCC3CC3)c2)c(=O)[nH]1. The van der Waals surface area contributed by atoms with Gasteiger partial charge in [-0.05, 0) is 55.2 Å². The summed E-state index contributed by atoms with van der Waals surface area (Å²) in [5, 5.41) is 0. The largest absolute Gasteiger partial charge is 0.490 e. The van der Waals surface area contributed by atoms with Gasteiger partial charge < -0.3 is 9.47 Å². The number of imidazole rings is 1. The first kappa shape index (κ1) is 23.4. The number of methoxy groups -OCH3 is 1. The summed E-state index contributed by atoms with van der Waals surface area (Å²) in [4.78, 5) is 14.3. The molecule has 0 spiro atoms. The third-order valence-electron chi connectivity index (χ3n) is 5.54. The minimum absolute atomic E-state index is 0.00909. The molecule has 31 heavy (non-hydrogen) atoms. The van der Waals surface area contributed by atoms with Crippen LogP contribution in [0.2, 0.25) is 0 Å². The monoisotopic (exact) mass is 454 g/mol. The van der Waals surface area contributed by atoms with Gasteiger partial charge in [-0.2, -0.15) is 0 Å². The van der Waals surface area contributed by atoms with Crippen molar-refractivity contribution in [3.05, 3.63) is 46.3 Å². The van der Waals surface area contributed by atoms with Crippen molar-refractivity contribution < 1.29 is 22.3 Å². The van der Waals surface area contributed by atoms with Gasteiger partial charge in [0.05, 0.1) is 31.4 Å². The molecule has 1 aromatic heterocycles. The Morgan fingerprint density at radius 1 is 1.26 bits per heavy atom. The third kappa shape index (κ3) is 7.12. The van der Waals surface area contributed by atoms with Crippen LogP contribution in [0.1, 0.15) is 50.5 Å². The molecule has 1 fully saturated rings. The molecule has 1 saturated carbocycles. The maximum absolute atomic E-state index is 14.0. The molecule has 0 radical (unpaired) electrons. The normalized spacial score (nSPS) is 15.1. The van der Waals surface area contributed by atoms with E-state index in [1.807, 2.05) is 6.92 Å². The van der Waals surface area contributed by atoms with Gasteiger partial charge in [0.25, 0.3) is 0 Å². The average Bonchev–Trinajstić information content (AvgIpc) is 3.48. The molecule has 1 atom stereocenters. The van der Waals surface area contributed by atoms with Crippen molar-refractivity contribution in [3.8, 4) is 11.6 Å². The van der Waals surface area contributed by atoms with Crippen LogP contribution in [0.25, 0.3) is 0 Å². The standard InChI is InChI=1S/C22H31FN2O5S/c1-16(18-8-9-19(23)20(12-18)30-14-17-6-7-17)15-31(27,28)11-5-3-4-10-25-13-21(29-2)24-22(25)26/h8-9,12-13,16-17H,3-7,10-11,14-15H2,1-2H3,(H,24,26)/t16-/m0/s1. The molecule has 9 heteroatoms. The highest BCUT2D eigenvalue weighted by atomic mass is 32.2. The molecule has 1 aliphatic rings. The predicted octanol–water partition coefficient (Wildman–Crippen LogP) is 3.50. The summed E-state index contributed by atoms with van der Waals surface area (Å²) in [6, 6.07) is 4.60. The smallest absolute Gasteiger partial charge is 0.328 e. The van der Waals surface area contributed by atoms with E-state index in [1.54, 1.807) is 18.3 Å². The molecular formula is C22H31FN2O5S. The molecule has 1 aromatic carbocycles. The number of rotatable bonds is 13. The fourth-order valence-corrected chi connectivity index (χ4v) is 5.21. The molecule has 0 aliphatic heterocycles. The second-order valence-electron chi connectivity index (χ2n) is 8.34. The quantitative estimate of drug-likeness (QED) is 0.468. The molecule has 2 aromatic rings. The lowest BCUT2D eigenvalue weighted by Crippen LogP contribution is -2.17. The number of aryl methyl sites for hydroxylation is 1. The highest BCUT2D eigenvalue weighted by Crippen LogP contribution is 2.31. The first-order valence-electron chi connectivity index (χ1n) is 10.7. The lowest BCUT2D eigenvalue weighted by atomic mass is 10.0. The summed E-state index contributed by atoms with van der Waals surface area (Å²) in [5.74, 6) is 0.551. The third-order valence-corrected chi connectivity index (χ3v) is 7.46. The fraction of sp³-hybridized carbons (Fsp3) is 0.591. The van der Waals surface area contributed by atoms with Gasteiger partial charge >= 0.3 is 5.69 Å². The number of aromatic nitrogens is 2. The summed E-state index contributed by atoms with van der Waals surface area (Å²) in [6.45, 7) is 2.85. The topological polar surface area (TPSA) is 90.4 Å². The van der Waals surface area contributed by atoms with Crippen molar-refractivity contribution in [2.24, 2.45) is 5.92 Å². The van der Waals surface area contributed by atoms with E-state index in [9.17, 15) is 17.6 Å². The van der Waals surface area contributed by atoms with Crippen LogP contribution >= 0.6 is 0 Å².